The highest BCUT2D eigenvalue weighted by Gasteiger charge is 2.23. The molecule has 9 heteroatoms. The topological polar surface area (TPSA) is 85.1 Å². The minimum absolute atomic E-state index is 0.168. The second-order valence-electron chi connectivity index (χ2n) is 7.28. The van der Waals surface area contributed by atoms with Crippen LogP contribution >= 0.6 is 0 Å². The Balaban J connectivity index is 1.35. The van der Waals surface area contributed by atoms with Crippen molar-refractivity contribution in [2.75, 3.05) is 45.3 Å². The first-order valence-corrected chi connectivity index (χ1v) is 10.00. The molecular formula is C21H26N6O3. The molecule has 1 saturated heterocycles. The van der Waals surface area contributed by atoms with Gasteiger partial charge in [0.25, 0.3) is 5.78 Å². The number of benzene rings is 1. The van der Waals surface area contributed by atoms with Gasteiger partial charge >= 0.3 is 0 Å². The zero-order valence-electron chi connectivity index (χ0n) is 17.5. The summed E-state index contributed by atoms with van der Waals surface area (Å²) in [5.41, 5.74) is 1.96. The monoisotopic (exact) mass is 410 g/mol. The number of piperazine rings is 1. The van der Waals surface area contributed by atoms with Crippen LogP contribution in [0.25, 0.3) is 5.78 Å². The molecule has 3 aromatic rings. The summed E-state index contributed by atoms with van der Waals surface area (Å²) in [6, 6.07) is 7.79. The molecule has 0 atom stereocenters. The van der Waals surface area contributed by atoms with E-state index < -0.39 is 0 Å². The largest absolute Gasteiger partial charge is 0.493 e. The second kappa shape index (κ2) is 8.56. The standard InChI is InChI=1S/C21H26N6O3/c1-15-12-19(27-21(24-15)22-14-23-27)25-8-10-26(11-9-25)20(28)7-5-16-4-6-17(29-2)18(13-16)30-3/h4,6,12-14H,5,7-11H2,1-3H3. The third kappa shape index (κ3) is 4.00. The van der Waals surface area contributed by atoms with Crippen molar-refractivity contribution >= 4 is 17.5 Å². The van der Waals surface area contributed by atoms with Gasteiger partial charge in [0.15, 0.2) is 11.5 Å². The maximum Gasteiger partial charge on any atom is 0.254 e. The van der Waals surface area contributed by atoms with Crippen molar-refractivity contribution in [2.24, 2.45) is 0 Å². The molecule has 1 aliphatic rings. The number of carbonyl (C=O) groups is 1. The number of aromatic nitrogens is 4. The summed E-state index contributed by atoms with van der Waals surface area (Å²) >= 11 is 0. The van der Waals surface area contributed by atoms with Gasteiger partial charge in [-0.1, -0.05) is 6.07 Å². The molecule has 0 saturated carbocycles. The third-order valence-corrected chi connectivity index (χ3v) is 5.39. The van der Waals surface area contributed by atoms with E-state index in [0.717, 1.165) is 30.2 Å². The van der Waals surface area contributed by atoms with E-state index in [0.29, 0.717) is 43.2 Å². The molecule has 9 nitrogen and oxygen atoms in total. The van der Waals surface area contributed by atoms with Gasteiger partial charge in [-0.15, -0.1) is 0 Å². The van der Waals surface area contributed by atoms with Gasteiger partial charge in [0, 0.05) is 44.4 Å². The summed E-state index contributed by atoms with van der Waals surface area (Å²) in [7, 11) is 3.23. The van der Waals surface area contributed by atoms with Crippen LogP contribution < -0.4 is 14.4 Å². The molecule has 1 amide bonds. The van der Waals surface area contributed by atoms with Gasteiger partial charge in [-0.05, 0) is 31.0 Å². The molecule has 0 spiro atoms. The molecule has 1 aromatic carbocycles. The van der Waals surface area contributed by atoms with Crippen molar-refractivity contribution in [1.29, 1.82) is 0 Å². The zero-order chi connectivity index (χ0) is 21.1. The number of aryl methyl sites for hydroxylation is 2. The number of anilines is 1. The molecule has 1 aliphatic heterocycles. The summed E-state index contributed by atoms with van der Waals surface area (Å²) in [4.78, 5) is 25.5. The normalized spacial score (nSPS) is 14.2. The van der Waals surface area contributed by atoms with E-state index in [1.54, 1.807) is 18.7 Å². The Labute approximate surface area is 175 Å². The summed E-state index contributed by atoms with van der Waals surface area (Å²) in [5.74, 6) is 3.10. The molecular weight excluding hydrogens is 384 g/mol. The van der Waals surface area contributed by atoms with Gasteiger partial charge in [0.1, 0.15) is 12.1 Å². The second-order valence-corrected chi connectivity index (χ2v) is 7.28. The number of hydrogen-bond acceptors (Lipinski definition) is 7. The smallest absolute Gasteiger partial charge is 0.254 e. The SMILES string of the molecule is COc1ccc(CCC(=O)N2CCN(c3cc(C)nc4ncnn34)CC2)cc1OC. The van der Waals surface area contributed by atoms with Crippen LogP contribution in [0.15, 0.2) is 30.6 Å². The maximum atomic E-state index is 12.7. The highest BCUT2D eigenvalue weighted by Crippen LogP contribution is 2.28. The molecule has 0 aliphatic carbocycles. The molecule has 1 fully saturated rings. The number of fused-ring (bicyclic) bond motifs is 1. The zero-order valence-corrected chi connectivity index (χ0v) is 17.5. The molecule has 0 radical (unpaired) electrons. The molecule has 30 heavy (non-hydrogen) atoms. The van der Waals surface area contributed by atoms with Gasteiger partial charge in [0.05, 0.1) is 14.2 Å². The Hall–Kier alpha value is -3.36. The minimum Gasteiger partial charge on any atom is -0.493 e. The van der Waals surface area contributed by atoms with Crippen molar-refractivity contribution in [1.82, 2.24) is 24.5 Å². The first kappa shape index (κ1) is 19.9. The fraction of sp³-hybridized carbons (Fsp3) is 0.429. The third-order valence-electron chi connectivity index (χ3n) is 5.39. The predicted molar refractivity (Wildman–Crippen MR) is 112 cm³/mol. The van der Waals surface area contributed by atoms with E-state index in [1.165, 1.54) is 6.33 Å². The highest BCUT2D eigenvalue weighted by atomic mass is 16.5. The van der Waals surface area contributed by atoms with Crippen molar-refractivity contribution in [3.63, 3.8) is 0 Å². The number of nitrogens with zero attached hydrogens (tertiary/aromatic N) is 6. The fourth-order valence-corrected chi connectivity index (χ4v) is 3.77. The van der Waals surface area contributed by atoms with Crippen LogP contribution in [0.2, 0.25) is 0 Å². The van der Waals surface area contributed by atoms with E-state index in [9.17, 15) is 4.79 Å². The molecule has 0 unspecified atom stereocenters. The lowest BCUT2D eigenvalue weighted by atomic mass is 10.1. The lowest BCUT2D eigenvalue weighted by Gasteiger charge is -2.36. The Kier molecular flexibility index (Phi) is 5.69. The van der Waals surface area contributed by atoms with Crippen LogP contribution in [0.4, 0.5) is 5.82 Å². The summed E-state index contributed by atoms with van der Waals surface area (Å²) in [5, 5.41) is 4.28. The Morgan fingerprint density at radius 1 is 1.07 bits per heavy atom. The number of carbonyl (C=O) groups excluding carboxylic acids is 1. The Morgan fingerprint density at radius 2 is 1.83 bits per heavy atom. The quantitative estimate of drug-likeness (QED) is 0.612. The van der Waals surface area contributed by atoms with Crippen molar-refractivity contribution in [3.8, 4) is 11.5 Å². The Bertz CT molecular complexity index is 1040. The van der Waals surface area contributed by atoms with Crippen LogP contribution in [-0.4, -0.2) is 70.8 Å². The van der Waals surface area contributed by atoms with E-state index in [2.05, 4.69) is 20.0 Å². The number of hydrogen-bond donors (Lipinski definition) is 0. The van der Waals surface area contributed by atoms with Crippen LogP contribution in [0, 0.1) is 6.92 Å². The van der Waals surface area contributed by atoms with E-state index in [4.69, 9.17) is 9.47 Å². The van der Waals surface area contributed by atoms with Crippen LogP contribution in [0.1, 0.15) is 17.7 Å². The van der Waals surface area contributed by atoms with E-state index in [-0.39, 0.29) is 5.91 Å². The average molecular weight is 410 g/mol. The van der Waals surface area contributed by atoms with E-state index in [1.807, 2.05) is 36.1 Å². The van der Waals surface area contributed by atoms with Crippen molar-refractivity contribution < 1.29 is 14.3 Å². The lowest BCUT2D eigenvalue weighted by Crippen LogP contribution is -2.49. The van der Waals surface area contributed by atoms with Crippen LogP contribution in [0.5, 0.6) is 11.5 Å². The van der Waals surface area contributed by atoms with Gasteiger partial charge in [0.2, 0.25) is 5.91 Å². The number of methoxy groups -OCH3 is 2. The van der Waals surface area contributed by atoms with Gasteiger partial charge < -0.3 is 19.3 Å². The average Bonchev–Trinajstić information content (AvgIpc) is 3.25. The van der Waals surface area contributed by atoms with Crippen LogP contribution in [0.3, 0.4) is 0 Å². The van der Waals surface area contributed by atoms with Crippen molar-refractivity contribution in [2.45, 2.75) is 19.8 Å². The summed E-state index contributed by atoms with van der Waals surface area (Å²) in [6.07, 6.45) is 2.65. The number of rotatable bonds is 6. The van der Waals surface area contributed by atoms with Gasteiger partial charge in [-0.2, -0.15) is 14.6 Å². The molecule has 3 heterocycles. The minimum atomic E-state index is 0.168. The maximum absolute atomic E-state index is 12.7. The fourth-order valence-electron chi connectivity index (χ4n) is 3.77. The van der Waals surface area contributed by atoms with Crippen molar-refractivity contribution in [3.05, 3.63) is 41.9 Å². The van der Waals surface area contributed by atoms with Gasteiger partial charge in [-0.3, -0.25) is 4.79 Å². The van der Waals surface area contributed by atoms with Gasteiger partial charge in [-0.25, -0.2) is 4.98 Å². The number of ether oxygens (including phenoxy) is 2. The van der Waals surface area contributed by atoms with E-state index >= 15 is 0 Å². The molecule has 4 rings (SSSR count). The van der Waals surface area contributed by atoms with Crippen LogP contribution in [-0.2, 0) is 11.2 Å². The summed E-state index contributed by atoms with van der Waals surface area (Å²) < 4.78 is 12.4. The summed E-state index contributed by atoms with van der Waals surface area (Å²) in [6.45, 7) is 4.82. The molecule has 2 aromatic heterocycles. The molecule has 158 valence electrons. The highest BCUT2D eigenvalue weighted by molar-refractivity contribution is 5.76. The molecule has 0 bridgehead atoms. The Morgan fingerprint density at radius 3 is 2.57 bits per heavy atom. The predicted octanol–water partition coefficient (Wildman–Crippen LogP) is 1.73. The number of amides is 1. The molecule has 0 N–H and O–H groups in total. The first-order valence-electron chi connectivity index (χ1n) is 10.00. The lowest BCUT2D eigenvalue weighted by molar-refractivity contribution is -0.131. The first-order chi connectivity index (χ1) is 14.6.